The smallest absolute Gasteiger partial charge is 0.387 e. The Hall–Kier alpha value is -2.48. The van der Waals surface area contributed by atoms with E-state index in [1.54, 1.807) is 18.3 Å². The van der Waals surface area contributed by atoms with Gasteiger partial charge in [-0.2, -0.15) is 8.78 Å². The number of pyridine rings is 1. The lowest BCUT2D eigenvalue weighted by atomic mass is 10.2. The van der Waals surface area contributed by atoms with E-state index in [2.05, 4.69) is 4.74 Å². The van der Waals surface area contributed by atoms with Crippen molar-refractivity contribution in [3.05, 3.63) is 57.5 Å². The van der Waals surface area contributed by atoms with Crippen LogP contribution in [0.1, 0.15) is 17.0 Å². The lowest BCUT2D eigenvalue weighted by molar-refractivity contribution is -0.0512. The maximum absolute atomic E-state index is 12.5. The molecule has 1 heterocycles. The van der Waals surface area contributed by atoms with Gasteiger partial charge in [0.15, 0.2) is 22.9 Å². The molecule has 0 aliphatic heterocycles. The summed E-state index contributed by atoms with van der Waals surface area (Å²) in [5.41, 5.74) is 2.13. The molecule has 1 aromatic heterocycles. The van der Waals surface area contributed by atoms with E-state index in [1.807, 2.05) is 18.4 Å². The molecule has 0 saturated heterocycles. The molecule has 0 radical (unpaired) electrons. The molecule has 2 aromatic rings. The summed E-state index contributed by atoms with van der Waals surface area (Å²) in [4.78, 5) is 11.5. The molecule has 2 rings (SSSR count). The Bertz CT molecular complexity index is 867. The fraction of sp³-hybridized carbons (Fsp3) is 0.278. The van der Waals surface area contributed by atoms with Gasteiger partial charge in [-0.15, -0.1) is 0 Å². The number of hydrogen-bond acceptors (Lipinski definition) is 4. The summed E-state index contributed by atoms with van der Waals surface area (Å²) in [6, 6.07) is 7.51. The van der Waals surface area contributed by atoms with Gasteiger partial charge < -0.3 is 14.0 Å². The number of halogens is 2. The van der Waals surface area contributed by atoms with Crippen molar-refractivity contribution in [2.45, 2.75) is 20.5 Å². The molecule has 8 heteroatoms. The van der Waals surface area contributed by atoms with Crippen molar-refractivity contribution in [1.29, 1.82) is 0 Å². The lowest BCUT2D eigenvalue weighted by Crippen LogP contribution is -2.08. The van der Waals surface area contributed by atoms with E-state index >= 15 is 0 Å². The van der Waals surface area contributed by atoms with Crippen molar-refractivity contribution in [2.75, 3.05) is 12.2 Å². The van der Waals surface area contributed by atoms with Crippen LogP contribution >= 0.6 is 0 Å². The summed E-state index contributed by atoms with van der Waals surface area (Å²) >= 11 is 0. The molecule has 0 saturated carbocycles. The van der Waals surface area contributed by atoms with Crippen LogP contribution in [0.15, 0.2) is 35.1 Å². The topological polar surface area (TPSA) is 57.5 Å². The molecule has 1 atom stereocenters. The van der Waals surface area contributed by atoms with Crippen molar-refractivity contribution in [3.8, 4) is 11.5 Å². The Kier molecular flexibility index (Phi) is 6.68. The highest BCUT2D eigenvalue weighted by molar-refractivity contribution is 7.84. The zero-order chi connectivity index (χ0) is 19.3. The summed E-state index contributed by atoms with van der Waals surface area (Å²) in [6.45, 7) is 0.629. The van der Waals surface area contributed by atoms with Gasteiger partial charge in [-0.05, 0) is 37.6 Å². The SMILES string of the molecule is Cc1cc(=O)cc(C)n1/C=C/c1ccc(OC(F)F)c(OCS(C)=O)c1. The minimum absolute atomic E-state index is 0.0681. The first kappa shape index (κ1) is 19.8. The van der Waals surface area contributed by atoms with Crippen LogP contribution < -0.4 is 14.9 Å². The molecule has 5 nitrogen and oxygen atoms in total. The average molecular weight is 383 g/mol. The number of aromatic nitrogens is 1. The van der Waals surface area contributed by atoms with Gasteiger partial charge in [-0.3, -0.25) is 9.00 Å². The third-order valence-electron chi connectivity index (χ3n) is 3.44. The maximum atomic E-state index is 12.5. The maximum Gasteiger partial charge on any atom is 0.387 e. The zero-order valence-corrected chi connectivity index (χ0v) is 15.4. The minimum atomic E-state index is -2.99. The number of alkyl halides is 2. The van der Waals surface area contributed by atoms with Crippen molar-refractivity contribution in [3.63, 3.8) is 0 Å². The largest absolute Gasteiger partial charge is 0.477 e. The molecular weight excluding hydrogens is 364 g/mol. The Balaban J connectivity index is 2.33. The molecule has 1 aromatic carbocycles. The first-order chi connectivity index (χ1) is 12.3. The highest BCUT2D eigenvalue weighted by Crippen LogP contribution is 2.30. The Morgan fingerprint density at radius 1 is 1.15 bits per heavy atom. The molecule has 0 aliphatic rings. The van der Waals surface area contributed by atoms with Crippen LogP contribution in [0, 0.1) is 13.8 Å². The quantitative estimate of drug-likeness (QED) is 0.735. The van der Waals surface area contributed by atoms with Gasteiger partial charge in [0.1, 0.15) is 0 Å². The first-order valence-corrected chi connectivity index (χ1v) is 9.38. The lowest BCUT2D eigenvalue weighted by Gasteiger charge is -2.12. The highest BCUT2D eigenvalue weighted by Gasteiger charge is 2.12. The van der Waals surface area contributed by atoms with E-state index < -0.39 is 17.4 Å². The second-order valence-electron chi connectivity index (χ2n) is 5.58. The monoisotopic (exact) mass is 383 g/mol. The third-order valence-corrected chi connectivity index (χ3v) is 3.89. The van der Waals surface area contributed by atoms with Crippen molar-refractivity contribution in [1.82, 2.24) is 4.57 Å². The molecular formula is C18H19F2NO4S. The number of benzene rings is 1. The second-order valence-corrected chi connectivity index (χ2v) is 6.96. The molecule has 1 unspecified atom stereocenters. The average Bonchev–Trinajstić information content (AvgIpc) is 2.53. The summed E-state index contributed by atoms with van der Waals surface area (Å²) in [5.74, 6) is -0.181. The number of aryl methyl sites for hydroxylation is 2. The van der Waals surface area contributed by atoms with Gasteiger partial charge in [-0.1, -0.05) is 6.07 Å². The van der Waals surface area contributed by atoms with Crippen LogP contribution in [-0.2, 0) is 10.8 Å². The predicted molar refractivity (Wildman–Crippen MR) is 98.0 cm³/mol. The molecule has 0 N–H and O–H groups in total. The van der Waals surface area contributed by atoms with Crippen molar-refractivity contribution in [2.24, 2.45) is 0 Å². The minimum Gasteiger partial charge on any atom is -0.477 e. The molecule has 0 amide bonds. The van der Waals surface area contributed by atoms with E-state index in [4.69, 9.17) is 4.74 Å². The van der Waals surface area contributed by atoms with E-state index in [0.29, 0.717) is 5.56 Å². The van der Waals surface area contributed by atoms with Gasteiger partial charge in [0.25, 0.3) is 0 Å². The van der Waals surface area contributed by atoms with Crippen LogP contribution in [0.25, 0.3) is 12.3 Å². The molecule has 0 aliphatic carbocycles. The summed E-state index contributed by atoms with van der Waals surface area (Å²) in [7, 11) is -1.25. The van der Waals surface area contributed by atoms with E-state index in [-0.39, 0.29) is 22.9 Å². The van der Waals surface area contributed by atoms with Gasteiger partial charge in [0, 0.05) is 36.0 Å². The Morgan fingerprint density at radius 2 is 1.81 bits per heavy atom. The number of ether oxygens (including phenoxy) is 2. The number of nitrogens with zero attached hydrogens (tertiary/aromatic N) is 1. The fourth-order valence-corrected chi connectivity index (χ4v) is 2.64. The van der Waals surface area contributed by atoms with Crippen LogP contribution in [0.4, 0.5) is 8.78 Å². The van der Waals surface area contributed by atoms with Crippen LogP contribution in [0.3, 0.4) is 0 Å². The van der Waals surface area contributed by atoms with E-state index in [9.17, 15) is 17.8 Å². The van der Waals surface area contributed by atoms with Gasteiger partial charge in [-0.25, -0.2) is 0 Å². The molecule has 0 spiro atoms. The van der Waals surface area contributed by atoms with Gasteiger partial charge in [0.05, 0.1) is 10.8 Å². The first-order valence-electron chi connectivity index (χ1n) is 7.66. The van der Waals surface area contributed by atoms with Crippen LogP contribution in [0.5, 0.6) is 11.5 Å². The van der Waals surface area contributed by atoms with E-state index in [1.165, 1.54) is 30.5 Å². The molecule has 0 bridgehead atoms. The fourth-order valence-electron chi connectivity index (χ4n) is 2.35. The predicted octanol–water partition coefficient (Wildman–Crippen LogP) is 3.41. The molecule has 0 fully saturated rings. The Morgan fingerprint density at radius 3 is 2.38 bits per heavy atom. The van der Waals surface area contributed by atoms with Gasteiger partial charge >= 0.3 is 6.61 Å². The summed E-state index contributed by atoms with van der Waals surface area (Å²) in [6.07, 6.45) is 4.94. The third kappa shape index (κ3) is 5.52. The molecule has 140 valence electrons. The normalized spacial score (nSPS) is 12.5. The van der Waals surface area contributed by atoms with Gasteiger partial charge in [0.2, 0.25) is 0 Å². The Labute approximate surface area is 152 Å². The summed E-state index contributed by atoms with van der Waals surface area (Å²) in [5, 5.41) is 0. The van der Waals surface area contributed by atoms with E-state index in [0.717, 1.165) is 11.4 Å². The van der Waals surface area contributed by atoms with Crippen molar-refractivity contribution < 1.29 is 22.5 Å². The van der Waals surface area contributed by atoms with Crippen LogP contribution in [0.2, 0.25) is 0 Å². The highest BCUT2D eigenvalue weighted by atomic mass is 32.2. The number of hydrogen-bond donors (Lipinski definition) is 0. The zero-order valence-electron chi connectivity index (χ0n) is 14.6. The van der Waals surface area contributed by atoms with Crippen molar-refractivity contribution >= 4 is 23.1 Å². The second kappa shape index (κ2) is 8.75. The van der Waals surface area contributed by atoms with Crippen LogP contribution in [-0.4, -0.2) is 27.6 Å². The standard InChI is InChI=1S/C18H19F2NO4S/c1-12-8-15(22)9-13(2)21(12)7-6-14-4-5-16(25-18(19)20)17(10-14)24-11-26(3)23/h4-10,18H,11H2,1-3H3/b7-6+. The number of rotatable bonds is 7. The summed E-state index contributed by atoms with van der Waals surface area (Å²) < 4.78 is 47.8. The molecule has 26 heavy (non-hydrogen) atoms.